The number of aromatic nitrogens is 2. The molecule has 1 amide bonds. The van der Waals surface area contributed by atoms with Crippen molar-refractivity contribution in [2.45, 2.75) is 25.7 Å². The molecule has 3 heterocycles. The Labute approximate surface area is 117 Å². The minimum absolute atomic E-state index is 0.126. The van der Waals surface area contributed by atoms with E-state index >= 15 is 0 Å². The summed E-state index contributed by atoms with van der Waals surface area (Å²) in [5.41, 5.74) is 1.97. The Hall–Kier alpha value is -2.17. The van der Waals surface area contributed by atoms with Crippen LogP contribution in [0.25, 0.3) is 5.65 Å². The van der Waals surface area contributed by atoms with E-state index in [9.17, 15) is 9.59 Å². The van der Waals surface area contributed by atoms with E-state index in [2.05, 4.69) is 4.98 Å². The van der Waals surface area contributed by atoms with Gasteiger partial charge in [0.05, 0.1) is 17.8 Å². The molecule has 5 heteroatoms. The second kappa shape index (κ2) is 5.45. The Kier molecular flexibility index (Phi) is 3.50. The third kappa shape index (κ3) is 2.43. The lowest BCUT2D eigenvalue weighted by Crippen LogP contribution is -2.36. The molecule has 1 saturated heterocycles. The molecule has 1 aliphatic rings. The van der Waals surface area contributed by atoms with E-state index in [-0.39, 0.29) is 5.91 Å². The van der Waals surface area contributed by atoms with Crippen LogP contribution in [-0.4, -0.2) is 39.6 Å². The van der Waals surface area contributed by atoms with Gasteiger partial charge in [-0.05, 0) is 31.4 Å². The highest BCUT2D eigenvalue weighted by Crippen LogP contribution is 2.12. The number of hydrogen-bond acceptors (Lipinski definition) is 3. The van der Waals surface area contributed by atoms with Gasteiger partial charge in [-0.3, -0.25) is 14.0 Å². The van der Waals surface area contributed by atoms with Gasteiger partial charge in [0.2, 0.25) is 5.91 Å². The molecule has 0 bridgehead atoms. The average Bonchev–Trinajstić information content (AvgIpc) is 2.90. The van der Waals surface area contributed by atoms with Gasteiger partial charge in [-0.1, -0.05) is 6.07 Å². The van der Waals surface area contributed by atoms with Gasteiger partial charge in [-0.25, -0.2) is 4.98 Å². The summed E-state index contributed by atoms with van der Waals surface area (Å²) < 4.78 is 1.73. The molecule has 5 nitrogen and oxygen atoms in total. The third-order valence-electron chi connectivity index (χ3n) is 3.74. The van der Waals surface area contributed by atoms with Gasteiger partial charge in [0.15, 0.2) is 6.29 Å². The minimum atomic E-state index is 0.126. The van der Waals surface area contributed by atoms with Gasteiger partial charge in [0.1, 0.15) is 5.65 Å². The SMILES string of the molecule is O=Cc1cccc2nc(CC(=O)N3CCCCC3)cn12. The number of nitrogens with zero attached hydrogens (tertiary/aromatic N) is 3. The number of amides is 1. The number of aldehydes is 1. The lowest BCUT2D eigenvalue weighted by atomic mass is 10.1. The first-order valence-electron chi connectivity index (χ1n) is 6.98. The highest BCUT2D eigenvalue weighted by molar-refractivity contribution is 5.79. The van der Waals surface area contributed by atoms with Crippen LogP contribution < -0.4 is 0 Å². The zero-order valence-electron chi connectivity index (χ0n) is 11.3. The number of pyridine rings is 1. The number of piperidine rings is 1. The number of carbonyl (C=O) groups excluding carboxylic acids is 2. The van der Waals surface area contributed by atoms with E-state index in [1.165, 1.54) is 6.42 Å². The molecule has 0 saturated carbocycles. The summed E-state index contributed by atoms with van der Waals surface area (Å²) in [7, 11) is 0. The first-order valence-corrected chi connectivity index (χ1v) is 6.98. The molecular formula is C15H17N3O2. The number of carbonyl (C=O) groups is 2. The van der Waals surface area contributed by atoms with Crippen LogP contribution in [0.15, 0.2) is 24.4 Å². The zero-order valence-corrected chi connectivity index (χ0v) is 11.3. The molecule has 2 aromatic heterocycles. The quantitative estimate of drug-likeness (QED) is 0.798. The Morgan fingerprint density at radius 3 is 2.80 bits per heavy atom. The van der Waals surface area contributed by atoms with E-state index in [0.29, 0.717) is 17.8 Å². The molecule has 0 atom stereocenters. The number of fused-ring (bicyclic) bond motifs is 1. The first kappa shape index (κ1) is 12.8. The lowest BCUT2D eigenvalue weighted by molar-refractivity contribution is -0.131. The predicted molar refractivity (Wildman–Crippen MR) is 74.7 cm³/mol. The monoisotopic (exact) mass is 271 g/mol. The first-order chi connectivity index (χ1) is 9.78. The standard InChI is InChI=1S/C15H17N3O2/c19-11-13-5-4-6-14-16-12(10-18(13)14)9-15(20)17-7-2-1-3-8-17/h4-6,10-11H,1-3,7-9H2. The van der Waals surface area contributed by atoms with Gasteiger partial charge in [-0.15, -0.1) is 0 Å². The molecule has 1 aliphatic heterocycles. The molecular weight excluding hydrogens is 254 g/mol. The largest absolute Gasteiger partial charge is 0.342 e. The van der Waals surface area contributed by atoms with Gasteiger partial charge in [0, 0.05) is 19.3 Å². The van der Waals surface area contributed by atoms with E-state index in [1.54, 1.807) is 22.7 Å². The van der Waals surface area contributed by atoms with Crippen molar-refractivity contribution in [3.63, 3.8) is 0 Å². The molecule has 0 N–H and O–H groups in total. The summed E-state index contributed by atoms with van der Waals surface area (Å²) in [5, 5.41) is 0. The fourth-order valence-corrected chi connectivity index (χ4v) is 2.67. The second-order valence-corrected chi connectivity index (χ2v) is 5.15. The van der Waals surface area contributed by atoms with Crippen molar-refractivity contribution in [2.24, 2.45) is 0 Å². The average molecular weight is 271 g/mol. The van der Waals surface area contributed by atoms with Crippen LogP contribution in [0.4, 0.5) is 0 Å². The summed E-state index contributed by atoms with van der Waals surface area (Å²) in [4.78, 5) is 29.5. The Balaban J connectivity index is 1.80. The van der Waals surface area contributed by atoms with Crippen molar-refractivity contribution >= 4 is 17.8 Å². The topological polar surface area (TPSA) is 54.7 Å². The number of likely N-dealkylation sites (tertiary alicyclic amines) is 1. The zero-order chi connectivity index (χ0) is 13.9. The molecule has 0 aromatic carbocycles. The fourth-order valence-electron chi connectivity index (χ4n) is 2.67. The normalized spacial score (nSPS) is 15.5. The van der Waals surface area contributed by atoms with Crippen LogP contribution in [0.5, 0.6) is 0 Å². The second-order valence-electron chi connectivity index (χ2n) is 5.15. The molecule has 0 radical (unpaired) electrons. The van der Waals surface area contributed by atoms with Crippen LogP contribution in [0.3, 0.4) is 0 Å². The molecule has 104 valence electrons. The molecule has 2 aromatic rings. The maximum Gasteiger partial charge on any atom is 0.228 e. The van der Waals surface area contributed by atoms with E-state index < -0.39 is 0 Å². The summed E-state index contributed by atoms with van der Waals surface area (Å²) >= 11 is 0. The number of imidazole rings is 1. The Morgan fingerprint density at radius 1 is 1.25 bits per heavy atom. The van der Waals surface area contributed by atoms with Crippen LogP contribution in [-0.2, 0) is 11.2 Å². The van der Waals surface area contributed by atoms with Crippen molar-refractivity contribution in [3.8, 4) is 0 Å². The van der Waals surface area contributed by atoms with Gasteiger partial charge < -0.3 is 4.90 Å². The van der Waals surface area contributed by atoms with Gasteiger partial charge >= 0.3 is 0 Å². The maximum absolute atomic E-state index is 12.2. The van der Waals surface area contributed by atoms with Gasteiger partial charge in [-0.2, -0.15) is 0 Å². The summed E-state index contributed by atoms with van der Waals surface area (Å²) in [6.45, 7) is 1.71. The highest BCUT2D eigenvalue weighted by atomic mass is 16.2. The molecule has 0 aliphatic carbocycles. The van der Waals surface area contributed by atoms with Crippen molar-refractivity contribution in [1.82, 2.24) is 14.3 Å². The number of rotatable bonds is 3. The fraction of sp³-hybridized carbons (Fsp3) is 0.400. The minimum Gasteiger partial charge on any atom is -0.342 e. The van der Waals surface area contributed by atoms with Crippen LogP contribution >= 0.6 is 0 Å². The maximum atomic E-state index is 12.2. The van der Waals surface area contributed by atoms with Crippen molar-refractivity contribution < 1.29 is 9.59 Å². The van der Waals surface area contributed by atoms with Crippen LogP contribution in [0.1, 0.15) is 35.4 Å². The lowest BCUT2D eigenvalue weighted by Gasteiger charge is -2.26. The smallest absolute Gasteiger partial charge is 0.228 e. The third-order valence-corrected chi connectivity index (χ3v) is 3.74. The molecule has 0 unspecified atom stereocenters. The van der Waals surface area contributed by atoms with Gasteiger partial charge in [0.25, 0.3) is 0 Å². The van der Waals surface area contributed by atoms with Crippen LogP contribution in [0.2, 0.25) is 0 Å². The summed E-state index contributed by atoms with van der Waals surface area (Å²) in [6.07, 6.45) is 6.27. The number of hydrogen-bond donors (Lipinski definition) is 0. The van der Waals surface area contributed by atoms with Crippen LogP contribution in [0, 0.1) is 0 Å². The summed E-state index contributed by atoms with van der Waals surface area (Å²) in [6, 6.07) is 5.36. The van der Waals surface area contributed by atoms with Crippen molar-refractivity contribution in [3.05, 3.63) is 35.8 Å². The Bertz CT molecular complexity index is 642. The molecule has 0 spiro atoms. The predicted octanol–water partition coefficient (Wildman–Crippen LogP) is 1.70. The van der Waals surface area contributed by atoms with E-state index in [4.69, 9.17) is 0 Å². The van der Waals surface area contributed by atoms with Crippen molar-refractivity contribution in [2.75, 3.05) is 13.1 Å². The summed E-state index contributed by atoms with van der Waals surface area (Å²) in [5.74, 6) is 0.126. The molecule has 1 fully saturated rings. The van der Waals surface area contributed by atoms with E-state index in [1.807, 2.05) is 11.0 Å². The molecule has 20 heavy (non-hydrogen) atoms. The highest BCUT2D eigenvalue weighted by Gasteiger charge is 2.18. The van der Waals surface area contributed by atoms with E-state index in [0.717, 1.165) is 37.9 Å². The Morgan fingerprint density at radius 2 is 2.05 bits per heavy atom. The molecule has 3 rings (SSSR count). The van der Waals surface area contributed by atoms with Crippen molar-refractivity contribution in [1.29, 1.82) is 0 Å².